The van der Waals surface area contributed by atoms with Gasteiger partial charge in [0.2, 0.25) is 15.9 Å². The predicted octanol–water partition coefficient (Wildman–Crippen LogP) is 3.40. The van der Waals surface area contributed by atoms with E-state index in [1.165, 1.54) is 17.0 Å². The topological polar surface area (TPSA) is 130 Å². The lowest BCUT2D eigenvalue weighted by atomic mass is 9.92. The van der Waals surface area contributed by atoms with E-state index in [0.29, 0.717) is 12.8 Å². The molecule has 0 aromatic heterocycles. The van der Waals surface area contributed by atoms with Gasteiger partial charge in [-0.1, -0.05) is 78.9 Å². The molecular weight excluding hydrogens is 532 g/mol. The molecule has 40 heavy (non-hydrogen) atoms. The van der Waals surface area contributed by atoms with Gasteiger partial charge in [-0.2, -0.15) is 4.72 Å². The Morgan fingerprint density at radius 3 is 2.08 bits per heavy atom. The Hall–Kier alpha value is -4.02. The summed E-state index contributed by atoms with van der Waals surface area (Å²) in [5.74, 6) is -3.45. The van der Waals surface area contributed by atoms with Crippen LogP contribution in [-0.2, 0) is 42.2 Å². The van der Waals surface area contributed by atoms with Gasteiger partial charge in [-0.25, -0.2) is 13.2 Å². The summed E-state index contributed by atoms with van der Waals surface area (Å²) in [5, 5.41) is 9.99. The summed E-state index contributed by atoms with van der Waals surface area (Å²) in [6, 6.07) is 23.3. The zero-order valence-corrected chi connectivity index (χ0v) is 22.7. The number of aliphatic carboxylic acids is 1. The fraction of sp³-hybridized carbons (Fsp3) is 0.300. The van der Waals surface area contributed by atoms with Gasteiger partial charge >= 0.3 is 11.9 Å². The van der Waals surface area contributed by atoms with Crippen LogP contribution in [0.5, 0.6) is 0 Å². The summed E-state index contributed by atoms with van der Waals surface area (Å²) in [6.07, 6.45) is 0.707. The maximum absolute atomic E-state index is 13.9. The number of rotatable bonds is 12. The molecule has 3 aromatic rings. The van der Waals surface area contributed by atoms with Crippen molar-refractivity contribution in [1.29, 1.82) is 0 Å². The molecule has 1 aliphatic heterocycles. The van der Waals surface area contributed by atoms with Gasteiger partial charge in [0.05, 0.1) is 10.8 Å². The molecule has 1 amide bonds. The van der Waals surface area contributed by atoms with Crippen molar-refractivity contribution in [2.24, 2.45) is 5.92 Å². The number of likely N-dealkylation sites (tertiary alicyclic amines) is 1. The van der Waals surface area contributed by atoms with E-state index in [1.807, 2.05) is 36.4 Å². The van der Waals surface area contributed by atoms with Gasteiger partial charge in [-0.05, 0) is 48.9 Å². The van der Waals surface area contributed by atoms with Gasteiger partial charge in [-0.3, -0.25) is 9.59 Å². The van der Waals surface area contributed by atoms with E-state index in [0.717, 1.165) is 11.1 Å². The Labute approximate surface area is 233 Å². The number of esters is 1. The van der Waals surface area contributed by atoms with Gasteiger partial charge in [0, 0.05) is 6.54 Å². The molecule has 9 nitrogen and oxygen atoms in total. The van der Waals surface area contributed by atoms with Crippen LogP contribution < -0.4 is 4.72 Å². The van der Waals surface area contributed by atoms with Crippen molar-refractivity contribution in [2.75, 3.05) is 6.54 Å². The van der Waals surface area contributed by atoms with Gasteiger partial charge in [0.25, 0.3) is 0 Å². The molecule has 0 bridgehead atoms. The lowest BCUT2D eigenvalue weighted by Gasteiger charge is -2.29. The average Bonchev–Trinajstić information content (AvgIpc) is 3.46. The van der Waals surface area contributed by atoms with Crippen molar-refractivity contribution < 1.29 is 32.6 Å². The minimum Gasteiger partial charge on any atom is -0.481 e. The van der Waals surface area contributed by atoms with Crippen molar-refractivity contribution in [3.63, 3.8) is 0 Å². The van der Waals surface area contributed by atoms with Crippen LogP contribution in [0.2, 0.25) is 0 Å². The number of hydrogen-bond acceptors (Lipinski definition) is 6. The predicted molar refractivity (Wildman–Crippen MR) is 147 cm³/mol. The monoisotopic (exact) mass is 564 g/mol. The second kappa shape index (κ2) is 13.4. The van der Waals surface area contributed by atoms with Crippen LogP contribution in [0.4, 0.5) is 0 Å². The normalized spacial score (nSPS) is 16.7. The zero-order chi connectivity index (χ0) is 28.5. The van der Waals surface area contributed by atoms with Crippen LogP contribution in [0.15, 0.2) is 95.9 Å². The molecule has 0 radical (unpaired) electrons. The Morgan fingerprint density at radius 1 is 0.900 bits per heavy atom. The fourth-order valence-electron chi connectivity index (χ4n) is 4.81. The summed E-state index contributed by atoms with van der Waals surface area (Å²) in [4.78, 5) is 40.3. The van der Waals surface area contributed by atoms with Crippen LogP contribution in [-0.4, -0.2) is 54.9 Å². The number of hydrogen-bond donors (Lipinski definition) is 2. The first-order valence-corrected chi connectivity index (χ1v) is 14.6. The Bertz CT molecular complexity index is 1400. The highest BCUT2D eigenvalue weighted by Crippen LogP contribution is 2.24. The van der Waals surface area contributed by atoms with Gasteiger partial charge in [-0.15, -0.1) is 0 Å². The maximum atomic E-state index is 13.9. The van der Waals surface area contributed by atoms with E-state index in [2.05, 4.69) is 4.72 Å². The number of nitrogens with zero attached hydrogens (tertiary/aromatic N) is 1. The number of carbonyl (C=O) groups is 3. The van der Waals surface area contributed by atoms with Crippen LogP contribution in [0.25, 0.3) is 0 Å². The SMILES string of the molecule is O=C(O)C(Cc1ccccc1)C[C@H](NS(=O)(=O)c1ccccc1)C(=O)N1CCC[C@H]1C(=O)OCc1ccccc1. The third kappa shape index (κ3) is 7.55. The number of sulfonamides is 1. The molecule has 1 aliphatic rings. The smallest absolute Gasteiger partial charge is 0.329 e. The molecule has 1 heterocycles. The third-order valence-corrected chi connectivity index (χ3v) is 8.36. The minimum absolute atomic E-state index is 0.0421. The molecule has 1 fully saturated rings. The molecule has 3 atom stereocenters. The second-order valence-corrected chi connectivity index (χ2v) is 11.4. The van der Waals surface area contributed by atoms with E-state index in [9.17, 15) is 27.9 Å². The molecule has 3 aromatic carbocycles. The van der Waals surface area contributed by atoms with Crippen LogP contribution in [0.3, 0.4) is 0 Å². The number of carbonyl (C=O) groups excluding carboxylic acids is 2. The molecule has 2 N–H and O–H groups in total. The number of carboxylic acid groups (broad SMARTS) is 1. The number of amides is 1. The highest BCUT2D eigenvalue weighted by molar-refractivity contribution is 7.89. The summed E-state index contributed by atoms with van der Waals surface area (Å²) in [5.41, 5.74) is 1.54. The lowest BCUT2D eigenvalue weighted by molar-refractivity contribution is -0.155. The first-order valence-electron chi connectivity index (χ1n) is 13.1. The zero-order valence-electron chi connectivity index (χ0n) is 21.9. The fourth-order valence-corrected chi connectivity index (χ4v) is 6.03. The van der Waals surface area contributed by atoms with E-state index in [1.54, 1.807) is 42.5 Å². The number of ether oxygens (including phenoxy) is 1. The van der Waals surface area contributed by atoms with E-state index in [-0.39, 0.29) is 30.9 Å². The van der Waals surface area contributed by atoms with E-state index < -0.39 is 45.9 Å². The number of nitrogens with one attached hydrogen (secondary N) is 1. The van der Waals surface area contributed by atoms with Crippen molar-refractivity contribution >= 4 is 27.9 Å². The van der Waals surface area contributed by atoms with Crippen molar-refractivity contribution in [1.82, 2.24) is 9.62 Å². The van der Waals surface area contributed by atoms with Gasteiger partial charge in [0.15, 0.2) is 0 Å². The summed E-state index contributed by atoms with van der Waals surface area (Å²) >= 11 is 0. The van der Waals surface area contributed by atoms with E-state index >= 15 is 0 Å². The molecule has 4 rings (SSSR count). The molecular formula is C30H32N2O7S. The standard InChI is InChI=1S/C30H32N2O7S/c33-28(32-18-10-17-27(32)30(36)39-21-23-13-6-2-7-14-23)26(31-40(37,38)25-15-8-3-9-16-25)20-24(29(34)35)19-22-11-4-1-5-12-22/h1-9,11-16,24,26-27,31H,10,17-21H2,(H,34,35)/t24?,26-,27-/m0/s1. The quantitative estimate of drug-likeness (QED) is 0.323. The van der Waals surface area contributed by atoms with Crippen molar-refractivity contribution in [3.8, 4) is 0 Å². The highest BCUT2D eigenvalue weighted by atomic mass is 32.2. The van der Waals surface area contributed by atoms with Crippen molar-refractivity contribution in [3.05, 3.63) is 102 Å². The summed E-state index contributed by atoms with van der Waals surface area (Å²) in [7, 11) is -4.17. The molecule has 1 unspecified atom stereocenters. The Morgan fingerprint density at radius 2 is 1.48 bits per heavy atom. The highest BCUT2D eigenvalue weighted by Gasteiger charge is 2.41. The van der Waals surface area contributed by atoms with Gasteiger partial charge < -0.3 is 14.7 Å². The Balaban J connectivity index is 1.56. The first-order chi connectivity index (χ1) is 19.2. The summed E-state index contributed by atoms with van der Waals surface area (Å²) in [6.45, 7) is 0.268. The molecule has 1 saturated heterocycles. The third-order valence-electron chi connectivity index (χ3n) is 6.88. The minimum atomic E-state index is -4.17. The van der Waals surface area contributed by atoms with Crippen molar-refractivity contribution in [2.45, 2.75) is 49.3 Å². The summed E-state index contributed by atoms with van der Waals surface area (Å²) < 4.78 is 34.4. The van der Waals surface area contributed by atoms with E-state index in [4.69, 9.17) is 4.74 Å². The van der Waals surface area contributed by atoms with Crippen LogP contribution >= 0.6 is 0 Å². The molecule has 0 aliphatic carbocycles. The number of benzene rings is 3. The average molecular weight is 565 g/mol. The Kier molecular flexibility index (Phi) is 9.68. The number of carboxylic acids is 1. The molecule has 210 valence electrons. The second-order valence-electron chi connectivity index (χ2n) is 9.73. The van der Waals surface area contributed by atoms with Gasteiger partial charge in [0.1, 0.15) is 18.7 Å². The molecule has 0 saturated carbocycles. The first kappa shape index (κ1) is 29.0. The lowest BCUT2D eigenvalue weighted by Crippen LogP contribution is -2.52. The largest absolute Gasteiger partial charge is 0.481 e. The molecule has 10 heteroatoms. The maximum Gasteiger partial charge on any atom is 0.329 e. The van der Waals surface area contributed by atoms with Crippen LogP contribution in [0, 0.1) is 5.92 Å². The van der Waals surface area contributed by atoms with Crippen LogP contribution in [0.1, 0.15) is 30.4 Å². The molecule has 0 spiro atoms.